The van der Waals surface area contributed by atoms with E-state index in [9.17, 15) is 9.18 Å². The normalized spacial score (nSPS) is 10.2. The molecule has 2 N–H and O–H groups in total. The van der Waals surface area contributed by atoms with Crippen LogP contribution in [0.25, 0.3) is 0 Å². The highest BCUT2D eigenvalue weighted by atomic mass is 19.1. The van der Waals surface area contributed by atoms with Gasteiger partial charge in [-0.2, -0.15) is 0 Å². The minimum absolute atomic E-state index is 0.269. The molecule has 132 valence electrons. The van der Waals surface area contributed by atoms with Gasteiger partial charge >= 0.3 is 6.03 Å². The van der Waals surface area contributed by atoms with Crippen molar-refractivity contribution in [3.63, 3.8) is 0 Å². The predicted octanol–water partition coefficient (Wildman–Crippen LogP) is 4.98. The summed E-state index contributed by atoms with van der Waals surface area (Å²) in [6.07, 6.45) is 0.621. The maximum absolute atomic E-state index is 12.9. The van der Waals surface area contributed by atoms with Gasteiger partial charge in [0.2, 0.25) is 0 Å². The van der Waals surface area contributed by atoms with Gasteiger partial charge in [-0.05, 0) is 48.4 Å². The molecule has 0 aliphatic rings. The van der Waals surface area contributed by atoms with Crippen molar-refractivity contribution < 1.29 is 13.9 Å². The molecule has 3 rings (SSSR count). The molecular formula is C21H19FN2O2. The maximum atomic E-state index is 12.9. The van der Waals surface area contributed by atoms with Crippen molar-refractivity contribution in [2.75, 3.05) is 11.9 Å². The number of carbonyl (C=O) groups excluding carboxylic acids is 1. The van der Waals surface area contributed by atoms with E-state index in [-0.39, 0.29) is 11.8 Å². The van der Waals surface area contributed by atoms with Crippen molar-refractivity contribution in [3.8, 4) is 11.5 Å². The minimum Gasteiger partial charge on any atom is -0.455 e. The Hall–Kier alpha value is -3.34. The van der Waals surface area contributed by atoms with E-state index in [1.807, 2.05) is 42.5 Å². The van der Waals surface area contributed by atoms with Crippen LogP contribution in [0.15, 0.2) is 78.9 Å². The number of ether oxygens (including phenoxy) is 1. The Kier molecular flexibility index (Phi) is 5.83. The summed E-state index contributed by atoms with van der Waals surface area (Å²) in [5.41, 5.74) is 1.54. The number of rotatable bonds is 6. The second-order valence-corrected chi connectivity index (χ2v) is 5.67. The van der Waals surface area contributed by atoms with Gasteiger partial charge in [0, 0.05) is 6.54 Å². The number of urea groups is 1. The fourth-order valence-electron chi connectivity index (χ4n) is 2.41. The van der Waals surface area contributed by atoms with E-state index in [0.29, 0.717) is 30.2 Å². The van der Waals surface area contributed by atoms with E-state index in [1.165, 1.54) is 12.1 Å². The Labute approximate surface area is 151 Å². The van der Waals surface area contributed by atoms with Gasteiger partial charge in [-0.15, -0.1) is 0 Å². The molecule has 0 fully saturated rings. The molecule has 0 radical (unpaired) electrons. The molecule has 4 nitrogen and oxygen atoms in total. The van der Waals surface area contributed by atoms with Crippen molar-refractivity contribution in [3.05, 3.63) is 90.2 Å². The van der Waals surface area contributed by atoms with Crippen molar-refractivity contribution >= 4 is 11.7 Å². The van der Waals surface area contributed by atoms with Gasteiger partial charge in [0.25, 0.3) is 0 Å². The summed E-state index contributed by atoms with van der Waals surface area (Å²) in [5, 5.41) is 5.58. The van der Waals surface area contributed by atoms with E-state index in [0.717, 1.165) is 5.56 Å². The second-order valence-electron chi connectivity index (χ2n) is 5.67. The third-order valence-corrected chi connectivity index (χ3v) is 3.72. The first-order valence-electron chi connectivity index (χ1n) is 8.32. The predicted molar refractivity (Wildman–Crippen MR) is 100 cm³/mol. The van der Waals surface area contributed by atoms with Crippen LogP contribution in [0.1, 0.15) is 5.56 Å². The van der Waals surface area contributed by atoms with Crippen LogP contribution in [0.5, 0.6) is 11.5 Å². The summed E-state index contributed by atoms with van der Waals surface area (Å²) in [4.78, 5) is 12.1. The summed E-state index contributed by atoms with van der Waals surface area (Å²) in [6.45, 7) is 0.444. The lowest BCUT2D eigenvalue weighted by molar-refractivity contribution is 0.252. The highest BCUT2D eigenvalue weighted by Crippen LogP contribution is 2.28. The quantitative estimate of drug-likeness (QED) is 0.658. The van der Waals surface area contributed by atoms with Crippen molar-refractivity contribution in [1.29, 1.82) is 0 Å². The molecule has 3 aromatic rings. The number of nitrogens with one attached hydrogen (secondary N) is 2. The molecule has 2 amide bonds. The molecule has 26 heavy (non-hydrogen) atoms. The fraction of sp³-hybridized carbons (Fsp3) is 0.0952. The molecule has 5 heteroatoms. The van der Waals surface area contributed by atoms with Crippen molar-refractivity contribution in [1.82, 2.24) is 5.32 Å². The monoisotopic (exact) mass is 350 g/mol. The number of halogens is 1. The zero-order valence-corrected chi connectivity index (χ0v) is 14.1. The Balaban J connectivity index is 1.55. The van der Waals surface area contributed by atoms with Gasteiger partial charge < -0.3 is 15.4 Å². The largest absolute Gasteiger partial charge is 0.455 e. The maximum Gasteiger partial charge on any atom is 0.319 e. The summed E-state index contributed by atoms with van der Waals surface area (Å²) in [6, 6.07) is 22.5. The van der Waals surface area contributed by atoms with Crippen LogP contribution < -0.4 is 15.4 Å². The summed E-state index contributed by atoms with van der Waals surface area (Å²) >= 11 is 0. The molecule has 0 aliphatic carbocycles. The molecular weight excluding hydrogens is 331 g/mol. The van der Waals surface area contributed by atoms with Crippen LogP contribution in [0.3, 0.4) is 0 Å². The van der Waals surface area contributed by atoms with E-state index < -0.39 is 0 Å². The van der Waals surface area contributed by atoms with Crippen LogP contribution in [0.2, 0.25) is 0 Å². The number of hydrogen-bond acceptors (Lipinski definition) is 2. The summed E-state index contributed by atoms with van der Waals surface area (Å²) < 4.78 is 18.7. The van der Waals surface area contributed by atoms with Crippen LogP contribution in [-0.2, 0) is 6.42 Å². The zero-order valence-electron chi connectivity index (χ0n) is 14.1. The molecule has 0 aromatic heterocycles. The molecule has 0 saturated heterocycles. The van der Waals surface area contributed by atoms with E-state index in [1.54, 1.807) is 24.3 Å². The molecule has 0 unspecified atom stereocenters. The molecule has 0 atom stereocenters. The van der Waals surface area contributed by atoms with E-state index >= 15 is 0 Å². The lowest BCUT2D eigenvalue weighted by Crippen LogP contribution is -2.30. The first-order chi connectivity index (χ1) is 12.7. The van der Waals surface area contributed by atoms with Gasteiger partial charge in [0.1, 0.15) is 11.6 Å². The number of para-hydroxylation sites is 3. The van der Waals surface area contributed by atoms with Gasteiger partial charge in [0.05, 0.1) is 5.69 Å². The SMILES string of the molecule is O=C(NCCc1ccc(F)cc1)Nc1ccccc1Oc1ccccc1. The lowest BCUT2D eigenvalue weighted by atomic mass is 10.1. The summed E-state index contributed by atoms with van der Waals surface area (Å²) in [7, 11) is 0. The van der Waals surface area contributed by atoms with Crippen molar-refractivity contribution in [2.24, 2.45) is 0 Å². The van der Waals surface area contributed by atoms with Gasteiger partial charge in [-0.25, -0.2) is 9.18 Å². The third-order valence-electron chi connectivity index (χ3n) is 3.72. The Morgan fingerprint density at radius 2 is 1.58 bits per heavy atom. The van der Waals surface area contributed by atoms with Crippen LogP contribution >= 0.6 is 0 Å². The highest BCUT2D eigenvalue weighted by Gasteiger charge is 2.08. The smallest absolute Gasteiger partial charge is 0.319 e. The lowest BCUT2D eigenvalue weighted by Gasteiger charge is -2.13. The van der Waals surface area contributed by atoms with Gasteiger partial charge in [0.15, 0.2) is 5.75 Å². The molecule has 0 bridgehead atoms. The third kappa shape index (κ3) is 5.08. The average molecular weight is 350 g/mol. The zero-order chi connectivity index (χ0) is 18.2. The van der Waals surface area contributed by atoms with Crippen LogP contribution in [0, 0.1) is 5.82 Å². The fourth-order valence-corrected chi connectivity index (χ4v) is 2.41. The van der Waals surface area contributed by atoms with Crippen molar-refractivity contribution in [2.45, 2.75) is 6.42 Å². The number of hydrogen-bond donors (Lipinski definition) is 2. The second kappa shape index (κ2) is 8.67. The highest BCUT2D eigenvalue weighted by molar-refractivity contribution is 5.90. The number of anilines is 1. The molecule has 0 aliphatic heterocycles. The first kappa shape index (κ1) is 17.5. The molecule has 3 aromatic carbocycles. The Morgan fingerprint density at radius 1 is 0.885 bits per heavy atom. The molecule has 0 heterocycles. The minimum atomic E-state index is -0.323. The Morgan fingerprint density at radius 3 is 2.35 bits per heavy atom. The number of amides is 2. The van der Waals surface area contributed by atoms with Crippen LogP contribution in [0.4, 0.5) is 14.9 Å². The Bertz CT molecular complexity index is 851. The number of carbonyl (C=O) groups is 1. The topological polar surface area (TPSA) is 50.4 Å². The standard InChI is InChI=1S/C21H19FN2O2/c22-17-12-10-16(11-13-17)14-15-23-21(25)24-19-8-4-5-9-20(19)26-18-6-2-1-3-7-18/h1-13H,14-15H2,(H2,23,24,25). The molecule has 0 saturated carbocycles. The average Bonchev–Trinajstić information content (AvgIpc) is 2.66. The first-order valence-corrected chi connectivity index (χ1v) is 8.32. The van der Waals surface area contributed by atoms with E-state index in [4.69, 9.17) is 4.74 Å². The van der Waals surface area contributed by atoms with Crippen LogP contribution in [-0.4, -0.2) is 12.6 Å². The van der Waals surface area contributed by atoms with Gasteiger partial charge in [-0.3, -0.25) is 0 Å². The summed E-state index contributed by atoms with van der Waals surface area (Å²) in [5.74, 6) is 0.986. The van der Waals surface area contributed by atoms with E-state index in [2.05, 4.69) is 10.6 Å². The van der Waals surface area contributed by atoms with Gasteiger partial charge in [-0.1, -0.05) is 42.5 Å². The number of benzene rings is 3. The molecule has 0 spiro atoms.